The van der Waals surface area contributed by atoms with Crippen molar-refractivity contribution in [3.8, 4) is 0 Å². The maximum atomic E-state index is 12.9. The zero-order chi connectivity index (χ0) is 15.1. The molecule has 0 spiro atoms. The number of alkyl halides is 2. The number of hydrogen-bond acceptors (Lipinski definition) is 1. The molecular formula is C18H19F2N. The summed E-state index contributed by atoms with van der Waals surface area (Å²) in [5.74, 6) is 0.278. The van der Waals surface area contributed by atoms with Crippen LogP contribution in [0.2, 0.25) is 0 Å². The minimum atomic E-state index is -2.32. The Morgan fingerprint density at radius 1 is 1.43 bits per heavy atom. The summed E-state index contributed by atoms with van der Waals surface area (Å²) in [6, 6.07) is 5.94. The summed E-state index contributed by atoms with van der Waals surface area (Å²) >= 11 is 0. The third kappa shape index (κ3) is 2.22. The molecule has 3 rings (SSSR count). The molecule has 1 fully saturated rings. The number of likely N-dealkylation sites (N-methyl/N-ethyl adjacent to an activating group) is 1. The summed E-state index contributed by atoms with van der Waals surface area (Å²) in [6.07, 6.45) is -0.695. The Morgan fingerprint density at radius 3 is 2.86 bits per heavy atom. The van der Waals surface area contributed by atoms with Gasteiger partial charge in [-0.05, 0) is 29.9 Å². The van der Waals surface area contributed by atoms with Gasteiger partial charge in [-0.1, -0.05) is 36.9 Å². The molecule has 1 aliphatic heterocycles. The van der Waals surface area contributed by atoms with Gasteiger partial charge in [-0.3, -0.25) is 0 Å². The summed E-state index contributed by atoms with van der Waals surface area (Å²) < 4.78 is 25.8. The Morgan fingerprint density at radius 2 is 2.19 bits per heavy atom. The van der Waals surface area contributed by atoms with Crippen molar-refractivity contribution in [2.45, 2.75) is 37.6 Å². The Kier molecular flexibility index (Phi) is 3.46. The second-order valence-electron chi connectivity index (χ2n) is 5.92. The highest BCUT2D eigenvalue weighted by molar-refractivity contribution is 5.70. The Balaban J connectivity index is 2.21. The largest absolute Gasteiger partial charge is 0.361 e. The first-order chi connectivity index (χ1) is 10.0. The van der Waals surface area contributed by atoms with Crippen molar-refractivity contribution in [3.63, 3.8) is 0 Å². The first-order valence-corrected chi connectivity index (χ1v) is 7.23. The minimum Gasteiger partial charge on any atom is -0.361 e. The zero-order valence-corrected chi connectivity index (χ0v) is 12.2. The van der Waals surface area contributed by atoms with Gasteiger partial charge in [-0.25, -0.2) is 8.78 Å². The van der Waals surface area contributed by atoms with Crippen LogP contribution < -0.4 is 0 Å². The number of nitrogens with zero attached hydrogens (tertiary/aromatic N) is 1. The molecule has 1 aliphatic carbocycles. The first kappa shape index (κ1) is 14.1. The predicted molar refractivity (Wildman–Crippen MR) is 81.4 cm³/mol. The van der Waals surface area contributed by atoms with Crippen LogP contribution in [0.4, 0.5) is 8.78 Å². The lowest BCUT2D eigenvalue weighted by Gasteiger charge is -2.29. The van der Waals surface area contributed by atoms with Crippen LogP contribution in [0.1, 0.15) is 35.4 Å². The Hall–Kier alpha value is -1.86. The third-order valence-electron chi connectivity index (χ3n) is 4.71. The molecule has 0 aromatic heterocycles. The van der Waals surface area contributed by atoms with Gasteiger partial charge in [-0.15, -0.1) is 5.73 Å². The van der Waals surface area contributed by atoms with E-state index in [1.54, 1.807) is 0 Å². The number of benzene rings is 1. The molecule has 1 saturated carbocycles. The molecule has 2 atom stereocenters. The van der Waals surface area contributed by atoms with Crippen molar-refractivity contribution in [3.05, 3.63) is 59.4 Å². The van der Waals surface area contributed by atoms with E-state index in [4.69, 9.17) is 0 Å². The summed E-state index contributed by atoms with van der Waals surface area (Å²) in [6.45, 7) is 7.96. The maximum absolute atomic E-state index is 12.9. The van der Waals surface area contributed by atoms with Gasteiger partial charge in [-0.2, -0.15) is 0 Å². The van der Waals surface area contributed by atoms with Crippen LogP contribution >= 0.6 is 0 Å². The molecule has 1 aromatic carbocycles. The number of rotatable bonds is 2. The van der Waals surface area contributed by atoms with Crippen LogP contribution in [-0.4, -0.2) is 24.4 Å². The molecule has 2 aliphatic rings. The fraction of sp³-hybridized carbons (Fsp3) is 0.389. The molecule has 0 N–H and O–H groups in total. The topological polar surface area (TPSA) is 3.24 Å². The first-order valence-electron chi connectivity index (χ1n) is 7.23. The second kappa shape index (κ2) is 5.16. The van der Waals surface area contributed by atoms with Gasteiger partial charge in [0.1, 0.15) is 0 Å². The minimum absolute atomic E-state index is 0.190. The van der Waals surface area contributed by atoms with Crippen molar-refractivity contribution in [1.82, 2.24) is 4.90 Å². The molecule has 2 bridgehead atoms. The van der Waals surface area contributed by atoms with Crippen molar-refractivity contribution >= 4 is 5.70 Å². The standard InChI is InChI=1S/C18H19F2N/c1-4-15-14-7-5-6-12(10-17(19)20)18(14)13-8-11(2)16(9-13)21(15)3/h5-7,13,16-17H,1-2,8-10H2,3H3. The van der Waals surface area contributed by atoms with E-state index in [2.05, 4.69) is 23.8 Å². The Labute approximate surface area is 124 Å². The normalized spacial score (nSPS) is 24.1. The van der Waals surface area contributed by atoms with Gasteiger partial charge in [0.25, 0.3) is 0 Å². The van der Waals surface area contributed by atoms with Crippen LogP contribution in [0.25, 0.3) is 5.70 Å². The van der Waals surface area contributed by atoms with Gasteiger partial charge in [0, 0.05) is 19.0 Å². The van der Waals surface area contributed by atoms with Crippen molar-refractivity contribution in [2.75, 3.05) is 7.05 Å². The SMILES string of the molecule is C=C=C1c2cccc(CC(F)F)c2C2CC(=C)C(C2)N1C. The van der Waals surface area contributed by atoms with Gasteiger partial charge >= 0.3 is 0 Å². The van der Waals surface area contributed by atoms with Crippen LogP contribution in [0, 0.1) is 0 Å². The fourth-order valence-corrected chi connectivity index (χ4v) is 3.84. The molecule has 3 heteroatoms. The van der Waals surface area contributed by atoms with Gasteiger partial charge in [0.05, 0.1) is 11.7 Å². The molecule has 0 radical (unpaired) electrons. The van der Waals surface area contributed by atoms with E-state index in [0.29, 0.717) is 0 Å². The zero-order valence-electron chi connectivity index (χ0n) is 12.2. The van der Waals surface area contributed by atoms with E-state index in [9.17, 15) is 8.78 Å². The fourth-order valence-electron chi connectivity index (χ4n) is 3.84. The molecule has 1 heterocycles. The third-order valence-corrected chi connectivity index (χ3v) is 4.71. The maximum Gasteiger partial charge on any atom is 0.242 e. The van der Waals surface area contributed by atoms with E-state index >= 15 is 0 Å². The van der Waals surface area contributed by atoms with E-state index in [-0.39, 0.29) is 18.4 Å². The molecule has 1 aromatic rings. The van der Waals surface area contributed by atoms with Crippen molar-refractivity contribution in [2.24, 2.45) is 0 Å². The van der Waals surface area contributed by atoms with Crippen LogP contribution in [0.5, 0.6) is 0 Å². The van der Waals surface area contributed by atoms with Gasteiger partial charge in [0.15, 0.2) is 0 Å². The smallest absolute Gasteiger partial charge is 0.242 e. The predicted octanol–water partition coefficient (Wildman–Crippen LogP) is 4.37. The molecule has 21 heavy (non-hydrogen) atoms. The van der Waals surface area contributed by atoms with Crippen LogP contribution in [0.3, 0.4) is 0 Å². The summed E-state index contributed by atoms with van der Waals surface area (Å²) in [5.41, 5.74) is 7.88. The monoisotopic (exact) mass is 287 g/mol. The van der Waals surface area contributed by atoms with E-state index in [0.717, 1.165) is 35.2 Å². The number of fused-ring (bicyclic) bond motifs is 4. The van der Waals surface area contributed by atoms with Crippen LogP contribution in [0.15, 0.2) is 42.7 Å². The van der Waals surface area contributed by atoms with Crippen LogP contribution in [-0.2, 0) is 6.42 Å². The highest BCUT2D eigenvalue weighted by Crippen LogP contribution is 2.48. The molecule has 1 nitrogen and oxygen atoms in total. The number of halogens is 2. The molecule has 2 unspecified atom stereocenters. The highest BCUT2D eigenvalue weighted by atomic mass is 19.3. The lowest BCUT2D eigenvalue weighted by atomic mass is 9.86. The average Bonchev–Trinajstić information content (AvgIpc) is 2.75. The van der Waals surface area contributed by atoms with Gasteiger partial charge < -0.3 is 4.90 Å². The summed E-state index contributed by atoms with van der Waals surface area (Å²) in [4.78, 5) is 2.15. The average molecular weight is 287 g/mol. The molecule has 0 amide bonds. The molecule has 110 valence electrons. The van der Waals surface area contributed by atoms with Crippen molar-refractivity contribution < 1.29 is 8.78 Å². The Bertz CT molecular complexity index is 641. The van der Waals surface area contributed by atoms with Gasteiger partial charge in [0.2, 0.25) is 6.43 Å². The quantitative estimate of drug-likeness (QED) is 0.577. The van der Waals surface area contributed by atoms with E-state index in [1.165, 1.54) is 5.57 Å². The van der Waals surface area contributed by atoms with E-state index < -0.39 is 6.43 Å². The second-order valence-corrected chi connectivity index (χ2v) is 5.92. The summed E-state index contributed by atoms with van der Waals surface area (Å²) in [5, 5.41) is 0. The number of hydrogen-bond donors (Lipinski definition) is 0. The molecule has 0 saturated heterocycles. The summed E-state index contributed by atoms with van der Waals surface area (Å²) in [7, 11) is 2.01. The molecular weight excluding hydrogens is 268 g/mol. The van der Waals surface area contributed by atoms with Crippen molar-refractivity contribution in [1.29, 1.82) is 0 Å². The lowest BCUT2D eigenvalue weighted by molar-refractivity contribution is 0.148. The van der Waals surface area contributed by atoms with E-state index in [1.807, 2.05) is 25.2 Å². The highest BCUT2D eigenvalue weighted by Gasteiger charge is 2.38. The lowest BCUT2D eigenvalue weighted by Crippen LogP contribution is -2.28.